The van der Waals surface area contributed by atoms with Crippen LogP contribution in [0.2, 0.25) is 0 Å². The zero-order chi connectivity index (χ0) is 19.7. The Kier molecular flexibility index (Phi) is 4.96. The molecule has 0 N–H and O–H groups in total. The van der Waals surface area contributed by atoms with Crippen LogP contribution in [-0.2, 0) is 11.2 Å². The molecule has 0 aliphatic carbocycles. The van der Waals surface area contributed by atoms with E-state index in [0.717, 1.165) is 17.5 Å². The Morgan fingerprint density at radius 3 is 2.68 bits per heavy atom. The van der Waals surface area contributed by atoms with Crippen LogP contribution in [0.4, 0.5) is 0 Å². The van der Waals surface area contributed by atoms with Crippen molar-refractivity contribution in [2.24, 2.45) is 0 Å². The summed E-state index contributed by atoms with van der Waals surface area (Å²) in [6.07, 6.45) is 4.83. The molecule has 0 radical (unpaired) electrons. The molecule has 28 heavy (non-hydrogen) atoms. The maximum absolute atomic E-state index is 13.4. The van der Waals surface area contributed by atoms with Crippen LogP contribution in [0, 0.1) is 0 Å². The molecule has 0 spiro atoms. The van der Waals surface area contributed by atoms with Gasteiger partial charge in [0, 0.05) is 32.7 Å². The summed E-state index contributed by atoms with van der Waals surface area (Å²) in [6.45, 7) is 3.04. The van der Waals surface area contributed by atoms with Crippen molar-refractivity contribution in [1.29, 1.82) is 0 Å². The molecule has 0 saturated heterocycles. The van der Waals surface area contributed by atoms with Crippen molar-refractivity contribution in [2.75, 3.05) is 20.3 Å². The van der Waals surface area contributed by atoms with Gasteiger partial charge in [-0.15, -0.1) is 0 Å². The molecule has 1 amide bonds. The van der Waals surface area contributed by atoms with Gasteiger partial charge in [0.2, 0.25) is 5.76 Å². The smallest absolute Gasteiger partial charge is 0.290 e. The van der Waals surface area contributed by atoms with E-state index in [4.69, 9.17) is 9.15 Å². The second-order valence-electron chi connectivity index (χ2n) is 6.89. The van der Waals surface area contributed by atoms with Crippen LogP contribution < -0.4 is 5.43 Å². The first-order valence-corrected chi connectivity index (χ1v) is 9.45. The number of aryl methyl sites for hydroxylation is 1. The lowest BCUT2D eigenvalue weighted by Crippen LogP contribution is -2.31. The van der Waals surface area contributed by atoms with Crippen molar-refractivity contribution in [1.82, 2.24) is 9.88 Å². The fourth-order valence-corrected chi connectivity index (χ4v) is 3.79. The lowest BCUT2D eigenvalue weighted by molar-refractivity contribution is 0.0708. The molecule has 1 aromatic carbocycles. The predicted octanol–water partition coefficient (Wildman–Crippen LogP) is 3.33. The van der Waals surface area contributed by atoms with Crippen LogP contribution in [-0.4, -0.2) is 36.1 Å². The van der Waals surface area contributed by atoms with Crippen molar-refractivity contribution in [3.8, 4) is 0 Å². The van der Waals surface area contributed by atoms with E-state index in [9.17, 15) is 9.59 Å². The number of carbonyl (C=O) groups excluding carboxylic acids is 1. The summed E-state index contributed by atoms with van der Waals surface area (Å²) < 4.78 is 11.1. The first-order valence-electron chi connectivity index (χ1n) is 9.45. The zero-order valence-electron chi connectivity index (χ0n) is 16.0. The average Bonchev–Trinajstić information content (AvgIpc) is 3.01. The number of ether oxygens (including phenoxy) is 1. The van der Waals surface area contributed by atoms with E-state index in [1.165, 1.54) is 0 Å². The van der Waals surface area contributed by atoms with Gasteiger partial charge >= 0.3 is 0 Å². The molecule has 144 valence electrons. The van der Waals surface area contributed by atoms with Gasteiger partial charge in [-0.3, -0.25) is 14.6 Å². The molecule has 3 heterocycles. The van der Waals surface area contributed by atoms with E-state index < -0.39 is 6.04 Å². The van der Waals surface area contributed by atoms with Crippen LogP contribution in [0.25, 0.3) is 11.0 Å². The van der Waals surface area contributed by atoms with E-state index in [1.807, 2.05) is 31.2 Å². The van der Waals surface area contributed by atoms with Gasteiger partial charge in [0.05, 0.1) is 17.0 Å². The fraction of sp³-hybridized carbons (Fsp3) is 0.318. The van der Waals surface area contributed by atoms with Crippen molar-refractivity contribution < 1.29 is 13.9 Å². The van der Waals surface area contributed by atoms with Gasteiger partial charge in [0.25, 0.3) is 5.91 Å². The van der Waals surface area contributed by atoms with Gasteiger partial charge in [-0.05, 0) is 48.2 Å². The molecule has 0 fully saturated rings. The molecular formula is C22H22N2O4. The first-order chi connectivity index (χ1) is 13.7. The average molecular weight is 378 g/mol. The zero-order valence-corrected chi connectivity index (χ0v) is 16.0. The number of rotatable bonds is 6. The normalized spacial score (nSPS) is 16.0. The first kappa shape index (κ1) is 18.4. The molecule has 1 unspecified atom stereocenters. The lowest BCUT2D eigenvalue weighted by atomic mass is 9.98. The second-order valence-corrected chi connectivity index (χ2v) is 6.89. The summed E-state index contributed by atoms with van der Waals surface area (Å²) in [5.41, 5.74) is 2.62. The van der Waals surface area contributed by atoms with Gasteiger partial charge in [0.15, 0.2) is 5.43 Å². The fourth-order valence-electron chi connectivity index (χ4n) is 3.79. The minimum Gasteiger partial charge on any atom is -0.450 e. The highest BCUT2D eigenvalue weighted by atomic mass is 16.5. The monoisotopic (exact) mass is 378 g/mol. The van der Waals surface area contributed by atoms with Crippen LogP contribution in [0.5, 0.6) is 0 Å². The summed E-state index contributed by atoms with van der Waals surface area (Å²) in [6, 6.07) is 8.76. The van der Waals surface area contributed by atoms with Gasteiger partial charge in [-0.1, -0.05) is 13.0 Å². The van der Waals surface area contributed by atoms with Crippen LogP contribution in [0.3, 0.4) is 0 Å². The van der Waals surface area contributed by atoms with E-state index >= 15 is 0 Å². The van der Waals surface area contributed by atoms with Crippen LogP contribution >= 0.6 is 0 Å². The summed E-state index contributed by atoms with van der Waals surface area (Å²) in [7, 11) is 1.63. The Labute approximate surface area is 162 Å². The number of pyridine rings is 1. The largest absolute Gasteiger partial charge is 0.450 e. The number of fused-ring (bicyclic) bond motifs is 2. The minimum atomic E-state index is -0.478. The van der Waals surface area contributed by atoms with Crippen molar-refractivity contribution in [3.63, 3.8) is 0 Å². The number of carbonyl (C=O) groups is 1. The van der Waals surface area contributed by atoms with Gasteiger partial charge in [-0.2, -0.15) is 0 Å². The Hall–Kier alpha value is -2.99. The number of nitrogens with zero attached hydrogens (tertiary/aromatic N) is 2. The SMILES string of the molecule is CCc1ccc2oc3c(c(=O)c2c1)C(c1ccncc1)N(CCCOC)C3=O. The van der Waals surface area contributed by atoms with E-state index in [1.54, 1.807) is 30.5 Å². The molecule has 6 heteroatoms. The number of amides is 1. The van der Waals surface area contributed by atoms with Crippen LogP contribution in [0.15, 0.2) is 51.9 Å². The van der Waals surface area contributed by atoms with Crippen molar-refractivity contribution in [2.45, 2.75) is 25.8 Å². The van der Waals surface area contributed by atoms with Gasteiger partial charge < -0.3 is 14.1 Å². The summed E-state index contributed by atoms with van der Waals surface area (Å²) in [5, 5.41) is 0.517. The van der Waals surface area contributed by atoms with Gasteiger partial charge in [-0.25, -0.2) is 0 Å². The maximum Gasteiger partial charge on any atom is 0.290 e. The highest BCUT2D eigenvalue weighted by Gasteiger charge is 2.42. The minimum absolute atomic E-state index is 0.140. The topological polar surface area (TPSA) is 72.6 Å². The molecule has 3 aromatic rings. The summed E-state index contributed by atoms with van der Waals surface area (Å²) >= 11 is 0. The molecular weight excluding hydrogens is 356 g/mol. The highest BCUT2D eigenvalue weighted by Crippen LogP contribution is 2.38. The lowest BCUT2D eigenvalue weighted by Gasteiger charge is -2.24. The number of aromatic nitrogens is 1. The maximum atomic E-state index is 13.4. The molecule has 1 aliphatic rings. The summed E-state index contributed by atoms with van der Waals surface area (Å²) in [4.78, 5) is 32.3. The molecule has 4 rings (SSSR count). The molecule has 1 aliphatic heterocycles. The number of benzene rings is 1. The molecule has 1 atom stereocenters. The predicted molar refractivity (Wildman–Crippen MR) is 105 cm³/mol. The van der Waals surface area contributed by atoms with Crippen molar-refractivity contribution in [3.05, 3.63) is 75.4 Å². The van der Waals surface area contributed by atoms with E-state index in [-0.39, 0.29) is 17.1 Å². The number of hydrogen-bond donors (Lipinski definition) is 0. The Bertz CT molecular complexity index is 1080. The van der Waals surface area contributed by atoms with Crippen LogP contribution in [0.1, 0.15) is 46.6 Å². The van der Waals surface area contributed by atoms with Crippen molar-refractivity contribution >= 4 is 16.9 Å². The molecule has 0 saturated carbocycles. The van der Waals surface area contributed by atoms with E-state index in [0.29, 0.717) is 36.1 Å². The standard InChI is InChI=1S/C22H22N2O4/c1-3-14-5-6-17-16(13-14)20(25)18-19(15-7-9-23-10-8-15)24(11-4-12-27-2)22(26)21(18)28-17/h5-10,13,19H,3-4,11-12H2,1-2H3. The Morgan fingerprint density at radius 2 is 1.96 bits per heavy atom. The second kappa shape index (κ2) is 7.56. The molecule has 0 bridgehead atoms. The Morgan fingerprint density at radius 1 is 1.18 bits per heavy atom. The number of hydrogen-bond acceptors (Lipinski definition) is 5. The van der Waals surface area contributed by atoms with E-state index in [2.05, 4.69) is 4.98 Å². The third-order valence-electron chi connectivity index (χ3n) is 5.21. The third-order valence-corrected chi connectivity index (χ3v) is 5.21. The Balaban J connectivity index is 1.91. The number of methoxy groups -OCH3 is 1. The van der Waals surface area contributed by atoms with Gasteiger partial charge in [0.1, 0.15) is 5.58 Å². The quantitative estimate of drug-likeness (QED) is 0.615. The summed E-state index contributed by atoms with van der Waals surface area (Å²) in [5.74, 6) is -0.118. The highest BCUT2D eigenvalue weighted by molar-refractivity contribution is 5.99. The third kappa shape index (κ3) is 2.99. The molecule has 2 aromatic heterocycles. The molecule has 6 nitrogen and oxygen atoms in total.